The predicted molar refractivity (Wildman–Crippen MR) is 124 cm³/mol. The molecule has 1 saturated heterocycles. The van der Waals surface area contributed by atoms with Crippen LogP contribution in [0.25, 0.3) is 0 Å². The molecule has 0 bridgehead atoms. The molecule has 3 aromatic rings. The molecule has 1 aliphatic rings. The zero-order chi connectivity index (χ0) is 23.2. The van der Waals surface area contributed by atoms with E-state index in [0.29, 0.717) is 17.2 Å². The largest absolute Gasteiger partial charge is 0.507 e. The summed E-state index contributed by atoms with van der Waals surface area (Å²) >= 11 is 0. The summed E-state index contributed by atoms with van der Waals surface area (Å²) in [6.45, 7) is 3.52. The summed E-state index contributed by atoms with van der Waals surface area (Å²) < 4.78 is 0. The number of likely N-dealkylation sites (N-methyl/N-ethyl adjacent to an activating group) is 1. The number of nitrogens with one attached hydrogen (secondary N) is 3. The quantitative estimate of drug-likeness (QED) is 0.235. The Morgan fingerprint density at radius 3 is 2.48 bits per heavy atom. The van der Waals surface area contributed by atoms with Gasteiger partial charge in [0.2, 0.25) is 17.8 Å². The number of hydrogen-bond donors (Lipinski definition) is 4. The van der Waals surface area contributed by atoms with Crippen molar-refractivity contribution in [2.45, 2.75) is 0 Å². The number of phenols is 1. The molecule has 2 aromatic carbocycles. The SMILES string of the molecule is C[NH+]1CCN(c2nc(N/N=C/c3ccccc3O)nc(Nc3ccc([N+](=O)[O-])cc3)n2)CC1. The summed E-state index contributed by atoms with van der Waals surface area (Å²) in [6, 6.07) is 12.8. The van der Waals surface area contributed by atoms with Crippen LogP contribution in [0.3, 0.4) is 0 Å². The van der Waals surface area contributed by atoms with Crippen molar-refractivity contribution in [1.82, 2.24) is 15.0 Å². The lowest BCUT2D eigenvalue weighted by molar-refractivity contribution is -0.880. The number of aromatic hydroxyl groups is 1. The number of phenolic OH excluding ortho intramolecular Hbond substituents is 1. The van der Waals surface area contributed by atoms with E-state index >= 15 is 0 Å². The highest BCUT2D eigenvalue weighted by atomic mass is 16.6. The van der Waals surface area contributed by atoms with Gasteiger partial charge in [-0.25, -0.2) is 5.43 Å². The minimum Gasteiger partial charge on any atom is -0.507 e. The van der Waals surface area contributed by atoms with Gasteiger partial charge < -0.3 is 20.2 Å². The van der Waals surface area contributed by atoms with Crippen molar-refractivity contribution in [3.8, 4) is 5.75 Å². The van der Waals surface area contributed by atoms with E-state index in [0.717, 1.165) is 26.2 Å². The number of anilines is 4. The molecule has 0 amide bonds. The molecule has 2 heterocycles. The maximum absolute atomic E-state index is 10.9. The van der Waals surface area contributed by atoms with Gasteiger partial charge in [0, 0.05) is 23.4 Å². The number of hydrogen-bond acceptors (Lipinski definition) is 10. The van der Waals surface area contributed by atoms with Gasteiger partial charge in [-0.2, -0.15) is 20.1 Å². The molecular formula is C21H24N9O3+. The molecule has 33 heavy (non-hydrogen) atoms. The summed E-state index contributed by atoms with van der Waals surface area (Å²) in [4.78, 5) is 27.3. The number of para-hydroxylation sites is 1. The van der Waals surface area contributed by atoms with Gasteiger partial charge in [0.15, 0.2) is 0 Å². The van der Waals surface area contributed by atoms with Crippen molar-refractivity contribution < 1.29 is 14.9 Å². The molecule has 1 aromatic heterocycles. The monoisotopic (exact) mass is 450 g/mol. The first-order valence-corrected chi connectivity index (χ1v) is 10.4. The maximum Gasteiger partial charge on any atom is 0.269 e. The Morgan fingerprint density at radius 1 is 1.09 bits per heavy atom. The van der Waals surface area contributed by atoms with Crippen LogP contribution < -0.4 is 20.5 Å². The van der Waals surface area contributed by atoms with Gasteiger partial charge >= 0.3 is 0 Å². The number of aromatic nitrogens is 3. The highest BCUT2D eigenvalue weighted by Crippen LogP contribution is 2.21. The Morgan fingerprint density at radius 2 is 1.79 bits per heavy atom. The molecule has 0 unspecified atom stereocenters. The zero-order valence-electron chi connectivity index (χ0n) is 18.0. The Hall–Kier alpha value is -4.32. The van der Waals surface area contributed by atoms with Crippen LogP contribution in [0.1, 0.15) is 5.56 Å². The average Bonchev–Trinajstić information content (AvgIpc) is 2.81. The number of piperazine rings is 1. The van der Waals surface area contributed by atoms with Crippen LogP contribution in [0.4, 0.5) is 29.2 Å². The van der Waals surface area contributed by atoms with Crippen molar-refractivity contribution in [1.29, 1.82) is 0 Å². The number of nitrogens with zero attached hydrogens (tertiary/aromatic N) is 6. The van der Waals surface area contributed by atoms with Crippen molar-refractivity contribution in [2.75, 3.05) is 48.9 Å². The molecule has 170 valence electrons. The van der Waals surface area contributed by atoms with Gasteiger partial charge in [0.05, 0.1) is 44.4 Å². The smallest absolute Gasteiger partial charge is 0.269 e. The third kappa shape index (κ3) is 5.68. The van der Waals surface area contributed by atoms with E-state index < -0.39 is 4.92 Å². The third-order valence-electron chi connectivity index (χ3n) is 5.16. The van der Waals surface area contributed by atoms with E-state index in [4.69, 9.17) is 0 Å². The number of quaternary nitrogens is 1. The lowest BCUT2D eigenvalue weighted by Crippen LogP contribution is -3.12. The number of rotatable bonds is 7. The molecule has 0 aliphatic carbocycles. The normalized spacial score (nSPS) is 14.4. The first-order chi connectivity index (χ1) is 16.0. The van der Waals surface area contributed by atoms with Gasteiger partial charge in [-0.15, -0.1) is 0 Å². The molecular weight excluding hydrogens is 426 g/mol. The van der Waals surface area contributed by atoms with Crippen molar-refractivity contribution >= 4 is 35.4 Å². The average molecular weight is 450 g/mol. The molecule has 12 nitrogen and oxygen atoms in total. The molecule has 0 spiro atoms. The van der Waals surface area contributed by atoms with Crippen LogP contribution in [0.2, 0.25) is 0 Å². The topological polar surface area (TPSA) is 146 Å². The van der Waals surface area contributed by atoms with Gasteiger partial charge in [-0.05, 0) is 24.3 Å². The van der Waals surface area contributed by atoms with Gasteiger partial charge in [-0.3, -0.25) is 10.1 Å². The van der Waals surface area contributed by atoms with Crippen LogP contribution in [0.5, 0.6) is 5.75 Å². The first kappa shape index (κ1) is 21.9. The first-order valence-electron chi connectivity index (χ1n) is 10.4. The highest BCUT2D eigenvalue weighted by molar-refractivity contribution is 5.83. The van der Waals surface area contributed by atoms with Crippen LogP contribution >= 0.6 is 0 Å². The van der Waals surface area contributed by atoms with Crippen LogP contribution in [-0.4, -0.2) is 64.4 Å². The second-order valence-corrected chi connectivity index (χ2v) is 7.58. The second-order valence-electron chi connectivity index (χ2n) is 7.58. The predicted octanol–water partition coefficient (Wildman–Crippen LogP) is 1.01. The fraction of sp³-hybridized carbons (Fsp3) is 0.238. The van der Waals surface area contributed by atoms with Crippen molar-refractivity contribution in [3.63, 3.8) is 0 Å². The van der Waals surface area contributed by atoms with E-state index in [1.165, 1.54) is 23.2 Å². The lowest BCUT2D eigenvalue weighted by atomic mass is 10.2. The summed E-state index contributed by atoms with van der Waals surface area (Å²) in [7, 11) is 2.15. The second kappa shape index (κ2) is 9.87. The molecule has 12 heteroatoms. The molecule has 0 saturated carbocycles. The fourth-order valence-corrected chi connectivity index (χ4v) is 3.25. The van der Waals surface area contributed by atoms with Crippen LogP contribution in [-0.2, 0) is 0 Å². The summed E-state index contributed by atoms with van der Waals surface area (Å²) in [5, 5.41) is 28.0. The summed E-state index contributed by atoms with van der Waals surface area (Å²) in [6.07, 6.45) is 1.47. The number of non-ortho nitro benzene ring substituents is 1. The van der Waals surface area contributed by atoms with Crippen molar-refractivity contribution in [2.24, 2.45) is 5.10 Å². The standard InChI is InChI=1S/C21H23N9O3/c1-28-10-12-29(13-11-28)21-25-19(23-16-6-8-17(9-7-16)30(32)33)24-20(26-21)27-22-14-15-4-2-3-5-18(15)31/h2-9,14,31H,10-13H2,1H3,(H2,23,24,25,26,27)/p+1/b22-14+. The Labute approximate surface area is 189 Å². The number of benzene rings is 2. The molecule has 4 rings (SSSR count). The molecule has 1 fully saturated rings. The number of nitro groups is 1. The fourth-order valence-electron chi connectivity index (χ4n) is 3.25. The molecule has 0 atom stereocenters. The zero-order valence-corrected chi connectivity index (χ0v) is 18.0. The van der Waals surface area contributed by atoms with E-state index in [1.54, 1.807) is 36.4 Å². The summed E-state index contributed by atoms with van der Waals surface area (Å²) in [5.74, 6) is 1.12. The minimum atomic E-state index is -0.454. The minimum absolute atomic E-state index is 0.00215. The number of hydrazone groups is 1. The maximum atomic E-state index is 10.9. The van der Waals surface area contributed by atoms with Gasteiger partial charge in [0.1, 0.15) is 5.75 Å². The van der Waals surface area contributed by atoms with E-state index in [9.17, 15) is 15.2 Å². The van der Waals surface area contributed by atoms with Crippen LogP contribution in [0, 0.1) is 10.1 Å². The molecule has 4 N–H and O–H groups in total. The van der Waals surface area contributed by atoms with Gasteiger partial charge in [-0.1, -0.05) is 12.1 Å². The van der Waals surface area contributed by atoms with Crippen LogP contribution in [0.15, 0.2) is 53.6 Å². The van der Waals surface area contributed by atoms with Gasteiger partial charge in [0.25, 0.3) is 5.69 Å². The molecule has 0 radical (unpaired) electrons. The summed E-state index contributed by atoms with van der Waals surface area (Å²) in [5.41, 5.74) is 3.94. The highest BCUT2D eigenvalue weighted by Gasteiger charge is 2.21. The lowest BCUT2D eigenvalue weighted by Gasteiger charge is -2.30. The number of nitro benzene ring substituents is 1. The van der Waals surface area contributed by atoms with E-state index in [1.807, 2.05) is 0 Å². The third-order valence-corrected chi connectivity index (χ3v) is 5.16. The Kier molecular flexibility index (Phi) is 6.55. The Bertz CT molecular complexity index is 1150. The van der Waals surface area contributed by atoms with E-state index in [-0.39, 0.29) is 23.3 Å². The molecule has 1 aliphatic heterocycles. The van der Waals surface area contributed by atoms with E-state index in [2.05, 4.69) is 42.7 Å². The van der Waals surface area contributed by atoms with Crippen molar-refractivity contribution in [3.05, 3.63) is 64.2 Å². The Balaban J connectivity index is 1.57.